The van der Waals surface area contributed by atoms with Crippen LogP contribution in [0.1, 0.15) is 72.6 Å². The molecule has 4 aliphatic carbocycles. The summed E-state index contributed by atoms with van der Waals surface area (Å²) in [6, 6.07) is 0. The van der Waals surface area contributed by atoms with E-state index >= 15 is 0 Å². The van der Waals surface area contributed by atoms with Crippen LogP contribution < -0.4 is 0 Å². The Kier molecular flexibility index (Phi) is 4.20. The fourth-order valence-electron chi connectivity index (χ4n) is 8.41. The number of fused-ring (bicyclic) bond motifs is 5. The van der Waals surface area contributed by atoms with Crippen molar-refractivity contribution in [1.82, 2.24) is 0 Å². The van der Waals surface area contributed by atoms with Crippen molar-refractivity contribution >= 4 is 5.78 Å². The molecule has 4 fully saturated rings. The van der Waals surface area contributed by atoms with Gasteiger partial charge in [-0.1, -0.05) is 27.7 Å². The Hall–Kier alpha value is -0.450. The normalized spacial score (nSPS) is 59.5. The average molecular weight is 365 g/mol. The molecule has 0 heterocycles. The molecular formula is C22H36O4. The van der Waals surface area contributed by atoms with Crippen molar-refractivity contribution in [1.29, 1.82) is 0 Å². The quantitative estimate of drug-likeness (QED) is 0.668. The van der Waals surface area contributed by atoms with Gasteiger partial charge in [-0.2, -0.15) is 0 Å². The molecule has 0 saturated heterocycles. The van der Waals surface area contributed by atoms with E-state index in [4.69, 9.17) is 0 Å². The number of carbonyl (C=O) groups is 1. The number of hydrogen-bond donors (Lipinski definition) is 3. The van der Waals surface area contributed by atoms with Crippen LogP contribution in [-0.2, 0) is 4.79 Å². The van der Waals surface area contributed by atoms with Gasteiger partial charge < -0.3 is 15.3 Å². The molecule has 4 saturated carbocycles. The second-order valence-electron chi connectivity index (χ2n) is 10.6. The van der Waals surface area contributed by atoms with Gasteiger partial charge in [0, 0.05) is 12.3 Å². The van der Waals surface area contributed by atoms with Crippen LogP contribution in [0.3, 0.4) is 0 Å². The highest BCUT2D eigenvalue weighted by atomic mass is 16.4. The zero-order chi connectivity index (χ0) is 19.1. The van der Waals surface area contributed by atoms with Gasteiger partial charge in [-0.3, -0.25) is 4.79 Å². The van der Waals surface area contributed by atoms with E-state index in [2.05, 4.69) is 27.7 Å². The first-order chi connectivity index (χ1) is 12.1. The molecule has 4 rings (SSSR count). The molecule has 4 aliphatic rings. The Balaban J connectivity index is 1.72. The number of carbonyl (C=O) groups excluding carboxylic acids is 1. The van der Waals surface area contributed by atoms with Crippen LogP contribution in [0.15, 0.2) is 0 Å². The third kappa shape index (κ3) is 2.10. The molecule has 0 unspecified atom stereocenters. The van der Waals surface area contributed by atoms with Gasteiger partial charge in [0.05, 0.1) is 12.2 Å². The van der Waals surface area contributed by atoms with Gasteiger partial charge in [0.15, 0.2) is 0 Å². The summed E-state index contributed by atoms with van der Waals surface area (Å²) < 4.78 is 0. The lowest BCUT2D eigenvalue weighted by Gasteiger charge is -2.65. The lowest BCUT2D eigenvalue weighted by molar-refractivity contribution is -0.220. The van der Waals surface area contributed by atoms with E-state index in [1.165, 1.54) is 0 Å². The Morgan fingerprint density at radius 2 is 1.58 bits per heavy atom. The Morgan fingerprint density at radius 3 is 2.23 bits per heavy atom. The standard InChI is InChI=1S/C22H36O4/c1-5-12-16(23)11-22(4)14-6-7-15-18(25)19(26)17(24)10-20(15,2)13(14)8-9-21(12,22)3/h12-15,17-19,24-26H,5-11H2,1-4H3/t12-,13-,14+,15+,17-,18+,19-,20+,21+,22-/m0/s1. The number of hydrogen-bond acceptors (Lipinski definition) is 4. The topological polar surface area (TPSA) is 77.8 Å². The molecule has 4 heteroatoms. The van der Waals surface area contributed by atoms with E-state index in [0.29, 0.717) is 30.5 Å². The fourth-order valence-corrected chi connectivity index (χ4v) is 8.41. The van der Waals surface area contributed by atoms with Crippen LogP contribution in [0.4, 0.5) is 0 Å². The molecular weight excluding hydrogens is 328 g/mol. The van der Waals surface area contributed by atoms with Crippen molar-refractivity contribution in [3.8, 4) is 0 Å². The van der Waals surface area contributed by atoms with Crippen LogP contribution >= 0.6 is 0 Å². The highest BCUT2D eigenvalue weighted by molar-refractivity contribution is 5.85. The highest BCUT2D eigenvalue weighted by Crippen LogP contribution is 2.72. The zero-order valence-electron chi connectivity index (χ0n) is 16.7. The molecule has 4 nitrogen and oxygen atoms in total. The highest BCUT2D eigenvalue weighted by Gasteiger charge is 2.68. The number of ketones is 1. The minimum atomic E-state index is -1.02. The maximum Gasteiger partial charge on any atom is 0.137 e. The molecule has 0 bridgehead atoms. The van der Waals surface area contributed by atoms with Crippen LogP contribution in [-0.4, -0.2) is 39.4 Å². The second kappa shape index (κ2) is 5.78. The van der Waals surface area contributed by atoms with Gasteiger partial charge in [0.25, 0.3) is 0 Å². The van der Waals surface area contributed by atoms with Gasteiger partial charge in [0.1, 0.15) is 11.9 Å². The van der Waals surface area contributed by atoms with E-state index in [1.54, 1.807) is 0 Å². The van der Waals surface area contributed by atoms with E-state index in [-0.39, 0.29) is 28.1 Å². The maximum atomic E-state index is 12.9. The predicted octanol–water partition coefficient (Wildman–Crippen LogP) is 2.93. The summed E-state index contributed by atoms with van der Waals surface area (Å²) in [4.78, 5) is 12.9. The molecule has 3 N–H and O–H groups in total. The predicted molar refractivity (Wildman–Crippen MR) is 99.3 cm³/mol. The molecule has 26 heavy (non-hydrogen) atoms. The average Bonchev–Trinajstić information content (AvgIpc) is 2.77. The van der Waals surface area contributed by atoms with E-state index in [9.17, 15) is 20.1 Å². The van der Waals surface area contributed by atoms with Crippen molar-refractivity contribution in [3.63, 3.8) is 0 Å². The first kappa shape index (κ1) is 18.9. The summed E-state index contributed by atoms with van der Waals surface area (Å²) in [6.45, 7) is 9.09. The summed E-state index contributed by atoms with van der Waals surface area (Å²) in [5.41, 5.74) is -0.0547. The van der Waals surface area contributed by atoms with Crippen LogP contribution in [0.2, 0.25) is 0 Å². The molecule has 10 atom stereocenters. The van der Waals surface area contributed by atoms with Crippen LogP contribution in [0, 0.1) is 39.9 Å². The van der Waals surface area contributed by atoms with Crippen LogP contribution in [0.25, 0.3) is 0 Å². The molecule has 0 aromatic rings. The van der Waals surface area contributed by atoms with Gasteiger partial charge in [-0.05, 0) is 72.5 Å². The van der Waals surface area contributed by atoms with Crippen molar-refractivity contribution in [2.75, 3.05) is 0 Å². The van der Waals surface area contributed by atoms with E-state index < -0.39 is 18.3 Å². The number of aliphatic hydroxyl groups is 3. The molecule has 0 spiro atoms. The lowest BCUT2D eigenvalue weighted by Crippen LogP contribution is -2.63. The van der Waals surface area contributed by atoms with Crippen molar-refractivity contribution in [3.05, 3.63) is 0 Å². The molecule has 0 aromatic heterocycles. The van der Waals surface area contributed by atoms with Crippen molar-refractivity contribution in [2.24, 2.45) is 39.9 Å². The minimum Gasteiger partial charge on any atom is -0.390 e. The van der Waals surface area contributed by atoms with E-state index in [0.717, 1.165) is 32.1 Å². The second-order valence-corrected chi connectivity index (χ2v) is 10.6. The zero-order valence-corrected chi connectivity index (χ0v) is 16.7. The SMILES string of the molecule is CC[C@H]1C(=O)C[C@@]2(C)[C@@H]3CC[C@@H]4[C@@H](O)[C@@H](O)[C@@H](O)C[C@]4(C)[C@H]3CC[C@]12C. The minimum absolute atomic E-state index is 0.0215. The smallest absolute Gasteiger partial charge is 0.137 e. The molecule has 0 aromatic carbocycles. The molecule has 0 aliphatic heterocycles. The van der Waals surface area contributed by atoms with Gasteiger partial charge in [0.2, 0.25) is 0 Å². The van der Waals surface area contributed by atoms with Crippen LogP contribution in [0.5, 0.6) is 0 Å². The third-order valence-electron chi connectivity index (χ3n) is 9.98. The lowest BCUT2D eigenvalue weighted by atomic mass is 9.40. The maximum absolute atomic E-state index is 12.9. The third-order valence-corrected chi connectivity index (χ3v) is 9.98. The summed E-state index contributed by atoms with van der Waals surface area (Å²) in [7, 11) is 0. The largest absolute Gasteiger partial charge is 0.390 e. The first-order valence-corrected chi connectivity index (χ1v) is 10.7. The summed E-state index contributed by atoms with van der Waals surface area (Å²) in [5.74, 6) is 1.57. The van der Waals surface area contributed by atoms with Gasteiger partial charge in [-0.25, -0.2) is 0 Å². The van der Waals surface area contributed by atoms with E-state index in [1.807, 2.05) is 0 Å². The fraction of sp³-hybridized carbons (Fsp3) is 0.955. The molecule has 148 valence electrons. The molecule has 0 amide bonds. The Labute approximate surface area is 157 Å². The summed E-state index contributed by atoms with van der Waals surface area (Å²) in [5, 5.41) is 31.3. The van der Waals surface area contributed by atoms with Crippen molar-refractivity contribution < 1.29 is 20.1 Å². The van der Waals surface area contributed by atoms with Gasteiger partial charge >= 0.3 is 0 Å². The van der Waals surface area contributed by atoms with Crippen molar-refractivity contribution in [2.45, 2.75) is 91.0 Å². The van der Waals surface area contributed by atoms with Gasteiger partial charge in [-0.15, -0.1) is 0 Å². The first-order valence-electron chi connectivity index (χ1n) is 10.7. The number of rotatable bonds is 1. The number of Topliss-reactive ketones (excluding diaryl/α,β-unsaturated/α-hetero) is 1. The number of aliphatic hydroxyl groups excluding tert-OH is 3. The summed E-state index contributed by atoms with van der Waals surface area (Å²) >= 11 is 0. The Bertz CT molecular complexity index is 605. The Morgan fingerprint density at radius 1 is 0.923 bits per heavy atom. The monoisotopic (exact) mass is 364 g/mol. The molecule has 0 radical (unpaired) electrons. The summed E-state index contributed by atoms with van der Waals surface area (Å²) in [6.07, 6.45) is 3.54.